The molecule has 1 radical (unpaired) electrons. The zero-order valence-electron chi connectivity index (χ0n) is 10.5. The van der Waals surface area contributed by atoms with Crippen LogP contribution >= 0.6 is 15.9 Å². The predicted molar refractivity (Wildman–Crippen MR) is 75.3 cm³/mol. The van der Waals surface area contributed by atoms with Crippen LogP contribution in [0, 0.1) is 0 Å². The monoisotopic (exact) mass is 299 g/mol. The van der Waals surface area contributed by atoms with Gasteiger partial charge in [0, 0.05) is 11.1 Å². The first-order chi connectivity index (χ1) is 7.43. The fraction of sp³-hybridized carbons (Fsp3) is 0.538. The first-order valence-electron chi connectivity index (χ1n) is 5.55. The second kappa shape index (κ2) is 5.99. The number of benzene rings is 1. The Morgan fingerprint density at radius 2 is 1.88 bits per heavy atom. The Balaban J connectivity index is 2.45. The van der Waals surface area contributed by atoms with Crippen molar-refractivity contribution in [2.24, 2.45) is 0 Å². The topological polar surface area (TPSA) is 9.23 Å². The maximum atomic E-state index is 5.82. The summed E-state index contributed by atoms with van der Waals surface area (Å²) in [4.78, 5) is 0. The summed E-state index contributed by atoms with van der Waals surface area (Å²) in [6, 6.07) is 8.22. The molecule has 0 spiro atoms. The molecule has 1 nitrogen and oxygen atoms in total. The zero-order chi connectivity index (χ0) is 12.2. The first-order valence-corrected chi connectivity index (χ1v) is 8.84. The number of halogens is 1. The minimum atomic E-state index is -0.311. The van der Waals surface area contributed by atoms with E-state index < -0.39 is 0 Å². The van der Waals surface area contributed by atoms with E-state index in [1.165, 1.54) is 5.56 Å². The molecule has 0 amide bonds. The van der Waals surface area contributed by atoms with Gasteiger partial charge in [-0.05, 0) is 16.7 Å². The van der Waals surface area contributed by atoms with E-state index in [-0.39, 0.29) is 8.80 Å². The summed E-state index contributed by atoms with van der Waals surface area (Å²) in [5, 5.41) is 0.339. The van der Waals surface area contributed by atoms with Crippen LogP contribution < -0.4 is 0 Å². The summed E-state index contributed by atoms with van der Waals surface area (Å²) in [5.41, 5.74) is 1.22. The predicted octanol–water partition coefficient (Wildman–Crippen LogP) is 4.50. The molecule has 0 unspecified atom stereocenters. The molecule has 1 rings (SSSR count). The zero-order valence-corrected chi connectivity index (χ0v) is 13.1. The van der Waals surface area contributed by atoms with E-state index in [4.69, 9.17) is 4.74 Å². The van der Waals surface area contributed by atoms with Crippen LogP contribution in [0.5, 0.6) is 0 Å². The van der Waals surface area contributed by atoms with Crippen LogP contribution in [0.2, 0.25) is 18.1 Å². The molecule has 0 N–H and O–H groups in total. The molecule has 3 heteroatoms. The molecule has 0 fully saturated rings. The van der Waals surface area contributed by atoms with E-state index in [1.807, 2.05) is 12.1 Å². The van der Waals surface area contributed by atoms with E-state index in [0.29, 0.717) is 11.6 Å². The minimum absolute atomic E-state index is 0.311. The molecule has 0 atom stereocenters. The molecule has 0 aliphatic carbocycles. The summed E-state index contributed by atoms with van der Waals surface area (Å²) in [7, 11) is -0.311. The smallest absolute Gasteiger partial charge is 0.0727 e. The highest BCUT2D eigenvalue weighted by Gasteiger charge is 2.23. The van der Waals surface area contributed by atoms with Gasteiger partial charge in [0.05, 0.1) is 15.4 Å². The van der Waals surface area contributed by atoms with Gasteiger partial charge in [0.2, 0.25) is 0 Å². The molecular weight excluding hydrogens is 280 g/mol. The van der Waals surface area contributed by atoms with Crippen LogP contribution in [0.4, 0.5) is 0 Å². The highest BCUT2D eigenvalue weighted by molar-refractivity contribution is 9.10. The highest BCUT2D eigenvalue weighted by atomic mass is 79.9. The Morgan fingerprint density at radius 3 is 2.44 bits per heavy atom. The van der Waals surface area contributed by atoms with Crippen LogP contribution in [-0.4, -0.2) is 15.4 Å². The lowest BCUT2D eigenvalue weighted by atomic mass is 10.2. The Bertz CT molecular complexity index is 336. The Hall–Kier alpha value is -0.123. The second-order valence-corrected chi connectivity index (χ2v) is 9.18. The lowest BCUT2D eigenvalue weighted by Crippen LogP contribution is -2.26. The van der Waals surface area contributed by atoms with E-state index in [9.17, 15) is 0 Å². The molecule has 1 aromatic carbocycles. The van der Waals surface area contributed by atoms with Crippen LogP contribution in [0.3, 0.4) is 0 Å². The molecule has 0 saturated carbocycles. The molecule has 0 heterocycles. The van der Waals surface area contributed by atoms with Crippen molar-refractivity contribution in [1.82, 2.24) is 0 Å². The maximum absolute atomic E-state index is 5.82. The van der Waals surface area contributed by atoms with Crippen molar-refractivity contribution >= 4 is 24.7 Å². The van der Waals surface area contributed by atoms with E-state index in [2.05, 4.69) is 55.0 Å². The molecule has 1 aromatic rings. The number of hydrogen-bond donors (Lipinski definition) is 0. The molecular formula is C13H20BrOSi. The van der Waals surface area contributed by atoms with Gasteiger partial charge < -0.3 is 4.74 Å². The summed E-state index contributed by atoms with van der Waals surface area (Å²) in [5.74, 6) is 0. The van der Waals surface area contributed by atoms with Crippen molar-refractivity contribution in [1.29, 1.82) is 0 Å². The molecule has 0 aliphatic rings. The summed E-state index contributed by atoms with van der Waals surface area (Å²) in [6.45, 7) is 10.8. The van der Waals surface area contributed by atoms with Crippen molar-refractivity contribution in [3.8, 4) is 0 Å². The van der Waals surface area contributed by atoms with Crippen molar-refractivity contribution in [3.05, 3.63) is 34.3 Å². The normalized spacial score (nSPS) is 12.1. The van der Waals surface area contributed by atoms with E-state index in [0.717, 1.165) is 11.1 Å². The van der Waals surface area contributed by atoms with Crippen LogP contribution in [0.25, 0.3) is 0 Å². The lowest BCUT2D eigenvalue weighted by Gasteiger charge is -2.27. The minimum Gasteiger partial charge on any atom is -0.376 e. The van der Waals surface area contributed by atoms with E-state index >= 15 is 0 Å². The summed E-state index contributed by atoms with van der Waals surface area (Å²) in [6.07, 6.45) is 0. The van der Waals surface area contributed by atoms with Crippen LogP contribution in [0.1, 0.15) is 19.4 Å². The Labute approximate surface area is 109 Å². The molecule has 89 valence electrons. The third-order valence-corrected chi connectivity index (χ3v) is 6.66. The summed E-state index contributed by atoms with van der Waals surface area (Å²) < 4.78 is 6.95. The number of ether oxygens (including phenoxy) is 1. The first kappa shape index (κ1) is 13.9. The maximum Gasteiger partial charge on any atom is 0.0727 e. The molecule has 0 aromatic heterocycles. The van der Waals surface area contributed by atoms with Crippen LogP contribution in [-0.2, 0) is 11.3 Å². The third-order valence-electron chi connectivity index (χ3n) is 3.03. The standard InChI is InChI=1S/C13H20BrOSi/c1-13(2,16(3)4)10-15-9-11-7-5-6-8-12(11)14/h5-8H,9-10H2,1-4H3. The van der Waals surface area contributed by atoms with Gasteiger partial charge in [-0.3, -0.25) is 0 Å². The second-order valence-electron chi connectivity index (χ2n) is 4.97. The molecule has 0 aliphatic heterocycles. The van der Waals surface area contributed by atoms with E-state index in [1.54, 1.807) is 0 Å². The van der Waals surface area contributed by atoms with Gasteiger partial charge in [0.25, 0.3) is 0 Å². The van der Waals surface area contributed by atoms with Gasteiger partial charge in [-0.25, -0.2) is 0 Å². The average Bonchev–Trinajstić information content (AvgIpc) is 2.20. The Kier molecular flexibility index (Phi) is 5.22. The van der Waals surface area contributed by atoms with Gasteiger partial charge in [-0.2, -0.15) is 0 Å². The number of hydrogen-bond acceptors (Lipinski definition) is 1. The molecule has 16 heavy (non-hydrogen) atoms. The van der Waals surface area contributed by atoms with Crippen molar-refractivity contribution in [2.45, 2.75) is 38.6 Å². The summed E-state index contributed by atoms with van der Waals surface area (Å²) >= 11 is 3.53. The van der Waals surface area contributed by atoms with Crippen molar-refractivity contribution < 1.29 is 4.74 Å². The average molecular weight is 300 g/mol. The number of rotatable bonds is 5. The van der Waals surface area contributed by atoms with Gasteiger partial charge in [-0.15, -0.1) is 0 Å². The molecule has 0 saturated heterocycles. The largest absolute Gasteiger partial charge is 0.376 e. The van der Waals surface area contributed by atoms with Crippen molar-refractivity contribution in [3.63, 3.8) is 0 Å². The van der Waals surface area contributed by atoms with Gasteiger partial charge in [0.15, 0.2) is 0 Å². The van der Waals surface area contributed by atoms with Crippen LogP contribution in [0.15, 0.2) is 28.7 Å². The van der Waals surface area contributed by atoms with Gasteiger partial charge in [0.1, 0.15) is 0 Å². The van der Waals surface area contributed by atoms with Crippen molar-refractivity contribution in [2.75, 3.05) is 6.61 Å². The fourth-order valence-electron chi connectivity index (χ4n) is 1.18. The lowest BCUT2D eigenvalue weighted by molar-refractivity contribution is 0.100. The highest BCUT2D eigenvalue weighted by Crippen LogP contribution is 2.29. The van der Waals surface area contributed by atoms with Gasteiger partial charge >= 0.3 is 0 Å². The Morgan fingerprint density at radius 1 is 1.25 bits per heavy atom. The SMILES string of the molecule is C[Si](C)C(C)(C)COCc1ccccc1Br. The van der Waals surface area contributed by atoms with Gasteiger partial charge in [-0.1, -0.05) is 61.1 Å². The molecule has 0 bridgehead atoms. The fourth-order valence-corrected chi connectivity index (χ4v) is 1.97. The third kappa shape index (κ3) is 4.04. The quantitative estimate of drug-likeness (QED) is 0.727.